The zero-order valence-corrected chi connectivity index (χ0v) is 16.4. The van der Waals surface area contributed by atoms with E-state index in [9.17, 15) is 0 Å². The third-order valence-electron chi connectivity index (χ3n) is 6.15. The smallest absolute Gasteiger partial charge is 0.0234 e. The van der Waals surface area contributed by atoms with Crippen LogP contribution in [0, 0.1) is 0 Å². The highest BCUT2D eigenvalue weighted by Gasteiger charge is 2.18. The fourth-order valence-electron chi connectivity index (χ4n) is 4.44. The van der Waals surface area contributed by atoms with E-state index < -0.39 is 0 Å². The van der Waals surface area contributed by atoms with Crippen LogP contribution < -0.4 is 0 Å². The fraction of sp³-hybridized carbons (Fsp3) is 0.440. The minimum Gasteiger partial charge on any atom is -0.297 e. The average Bonchev–Trinajstić information content (AvgIpc) is 3.26. The van der Waals surface area contributed by atoms with Crippen molar-refractivity contribution in [3.8, 4) is 0 Å². The Morgan fingerprint density at radius 1 is 0.778 bits per heavy atom. The van der Waals surface area contributed by atoms with Gasteiger partial charge in [0.1, 0.15) is 0 Å². The Hall–Kier alpha value is -1.90. The SMILES string of the molecule is C(=C\c1ccccc1)/CN1CCN(Cc2ccc(C3CCCC3)cc2)CC1. The van der Waals surface area contributed by atoms with E-state index in [0.29, 0.717) is 0 Å². The predicted octanol–water partition coefficient (Wildman–Crippen LogP) is 5.18. The minimum absolute atomic E-state index is 0.825. The first-order valence-electron chi connectivity index (χ1n) is 10.6. The van der Waals surface area contributed by atoms with Crippen molar-refractivity contribution < 1.29 is 0 Å². The summed E-state index contributed by atoms with van der Waals surface area (Å²) in [7, 11) is 0. The van der Waals surface area contributed by atoms with Crippen LogP contribution in [0.3, 0.4) is 0 Å². The van der Waals surface area contributed by atoms with Gasteiger partial charge in [-0.3, -0.25) is 9.80 Å². The molecule has 0 N–H and O–H groups in total. The van der Waals surface area contributed by atoms with Crippen molar-refractivity contribution in [2.45, 2.75) is 38.1 Å². The zero-order valence-electron chi connectivity index (χ0n) is 16.4. The third-order valence-corrected chi connectivity index (χ3v) is 6.15. The molecule has 0 spiro atoms. The maximum atomic E-state index is 2.60. The van der Waals surface area contributed by atoms with Crippen molar-refractivity contribution in [2.24, 2.45) is 0 Å². The summed E-state index contributed by atoms with van der Waals surface area (Å²) in [4.78, 5) is 5.15. The van der Waals surface area contributed by atoms with Gasteiger partial charge in [0.15, 0.2) is 0 Å². The van der Waals surface area contributed by atoms with E-state index in [0.717, 1.165) is 19.0 Å². The second-order valence-corrected chi connectivity index (χ2v) is 8.11. The van der Waals surface area contributed by atoms with Crippen molar-refractivity contribution in [3.05, 3.63) is 77.4 Å². The standard InChI is InChI=1S/C25H32N2/c1-2-7-22(8-3-1)9-6-16-26-17-19-27(20-18-26)21-23-12-14-25(15-13-23)24-10-4-5-11-24/h1-3,6-9,12-15,24H,4-5,10-11,16-21H2/b9-6+. The molecule has 1 aliphatic heterocycles. The number of nitrogens with zero attached hydrogens (tertiary/aromatic N) is 2. The van der Waals surface area contributed by atoms with Gasteiger partial charge in [-0.15, -0.1) is 0 Å². The van der Waals surface area contributed by atoms with Crippen LogP contribution in [-0.2, 0) is 6.54 Å². The van der Waals surface area contributed by atoms with Crippen molar-refractivity contribution in [2.75, 3.05) is 32.7 Å². The summed E-state index contributed by atoms with van der Waals surface area (Å²) >= 11 is 0. The zero-order chi connectivity index (χ0) is 18.3. The summed E-state index contributed by atoms with van der Waals surface area (Å²) in [6, 6.07) is 20.1. The molecule has 4 rings (SSSR count). The topological polar surface area (TPSA) is 6.48 Å². The molecule has 2 aromatic rings. The fourth-order valence-corrected chi connectivity index (χ4v) is 4.44. The summed E-state index contributed by atoms with van der Waals surface area (Å²) in [6.45, 7) is 6.82. The van der Waals surface area contributed by atoms with E-state index in [4.69, 9.17) is 0 Å². The Kier molecular flexibility index (Phi) is 6.39. The summed E-state index contributed by atoms with van der Waals surface area (Å²) in [5, 5.41) is 0. The van der Waals surface area contributed by atoms with Gasteiger partial charge in [-0.2, -0.15) is 0 Å². The molecule has 2 aliphatic rings. The van der Waals surface area contributed by atoms with Crippen molar-refractivity contribution >= 4 is 6.08 Å². The van der Waals surface area contributed by atoms with Crippen LogP contribution in [0.4, 0.5) is 0 Å². The predicted molar refractivity (Wildman–Crippen MR) is 115 cm³/mol. The first kappa shape index (κ1) is 18.5. The Bertz CT molecular complexity index is 706. The van der Waals surface area contributed by atoms with E-state index in [-0.39, 0.29) is 0 Å². The highest BCUT2D eigenvalue weighted by Crippen LogP contribution is 2.34. The molecular formula is C25H32N2. The first-order chi connectivity index (χ1) is 13.4. The number of piperazine rings is 1. The van der Waals surface area contributed by atoms with E-state index in [1.165, 1.54) is 63.0 Å². The van der Waals surface area contributed by atoms with Gasteiger partial charge in [0.25, 0.3) is 0 Å². The molecule has 2 nitrogen and oxygen atoms in total. The molecule has 0 amide bonds. The van der Waals surface area contributed by atoms with Crippen LogP contribution in [0.2, 0.25) is 0 Å². The Morgan fingerprint density at radius 3 is 2.15 bits per heavy atom. The Morgan fingerprint density at radius 2 is 1.44 bits per heavy atom. The summed E-state index contributed by atoms with van der Waals surface area (Å²) in [6.07, 6.45) is 10.1. The van der Waals surface area contributed by atoms with Crippen LogP contribution in [-0.4, -0.2) is 42.5 Å². The summed E-state index contributed by atoms with van der Waals surface area (Å²) in [5.74, 6) is 0.825. The molecule has 1 saturated heterocycles. The third kappa shape index (κ3) is 5.31. The van der Waals surface area contributed by atoms with Gasteiger partial charge in [-0.25, -0.2) is 0 Å². The molecule has 1 saturated carbocycles. The molecule has 0 unspecified atom stereocenters. The molecule has 2 fully saturated rings. The molecule has 1 aliphatic carbocycles. The van der Waals surface area contributed by atoms with Gasteiger partial charge in [0, 0.05) is 39.3 Å². The second kappa shape index (κ2) is 9.34. The van der Waals surface area contributed by atoms with E-state index in [2.05, 4.69) is 76.5 Å². The van der Waals surface area contributed by atoms with Crippen molar-refractivity contribution in [1.82, 2.24) is 9.80 Å². The molecule has 142 valence electrons. The van der Waals surface area contributed by atoms with Gasteiger partial charge < -0.3 is 0 Å². The lowest BCUT2D eigenvalue weighted by Gasteiger charge is -2.34. The molecule has 1 heterocycles. The molecule has 0 bridgehead atoms. The lowest BCUT2D eigenvalue weighted by molar-refractivity contribution is 0.137. The van der Waals surface area contributed by atoms with E-state index in [1.54, 1.807) is 5.56 Å². The summed E-state index contributed by atoms with van der Waals surface area (Å²) in [5.41, 5.74) is 4.32. The first-order valence-corrected chi connectivity index (χ1v) is 10.6. The second-order valence-electron chi connectivity index (χ2n) is 8.11. The average molecular weight is 361 g/mol. The molecule has 0 atom stereocenters. The van der Waals surface area contributed by atoms with Gasteiger partial charge in [-0.05, 0) is 35.4 Å². The Balaban J connectivity index is 1.20. The van der Waals surface area contributed by atoms with Crippen LogP contribution in [0.5, 0.6) is 0 Å². The van der Waals surface area contributed by atoms with Crippen LogP contribution in [0.15, 0.2) is 60.7 Å². The van der Waals surface area contributed by atoms with Gasteiger partial charge in [0.05, 0.1) is 0 Å². The molecule has 27 heavy (non-hydrogen) atoms. The lowest BCUT2D eigenvalue weighted by Crippen LogP contribution is -2.45. The van der Waals surface area contributed by atoms with Crippen molar-refractivity contribution in [3.63, 3.8) is 0 Å². The largest absolute Gasteiger partial charge is 0.297 e. The molecule has 0 aromatic heterocycles. The minimum atomic E-state index is 0.825. The molecule has 2 heteroatoms. The van der Waals surface area contributed by atoms with Gasteiger partial charge in [-0.1, -0.05) is 79.6 Å². The van der Waals surface area contributed by atoms with E-state index in [1.807, 2.05) is 0 Å². The maximum Gasteiger partial charge on any atom is 0.0234 e. The van der Waals surface area contributed by atoms with Crippen LogP contribution in [0.25, 0.3) is 6.08 Å². The molecule has 2 aromatic carbocycles. The maximum absolute atomic E-state index is 2.60. The molecular weight excluding hydrogens is 328 g/mol. The van der Waals surface area contributed by atoms with E-state index >= 15 is 0 Å². The van der Waals surface area contributed by atoms with Crippen molar-refractivity contribution in [1.29, 1.82) is 0 Å². The number of rotatable bonds is 6. The quantitative estimate of drug-likeness (QED) is 0.701. The highest BCUT2D eigenvalue weighted by molar-refractivity contribution is 5.48. The highest BCUT2D eigenvalue weighted by atomic mass is 15.3. The molecule has 0 radical (unpaired) electrons. The number of hydrogen-bond acceptors (Lipinski definition) is 2. The Labute approximate surface area is 164 Å². The normalized spacial score (nSPS) is 19.9. The van der Waals surface area contributed by atoms with Gasteiger partial charge in [0.2, 0.25) is 0 Å². The lowest BCUT2D eigenvalue weighted by atomic mass is 9.96. The van der Waals surface area contributed by atoms with Gasteiger partial charge >= 0.3 is 0 Å². The van der Waals surface area contributed by atoms with Crippen LogP contribution >= 0.6 is 0 Å². The summed E-state index contributed by atoms with van der Waals surface area (Å²) < 4.78 is 0. The van der Waals surface area contributed by atoms with Crippen LogP contribution in [0.1, 0.15) is 48.3 Å². The number of benzene rings is 2. The number of hydrogen-bond donors (Lipinski definition) is 0. The monoisotopic (exact) mass is 360 g/mol.